The Morgan fingerprint density at radius 2 is 1.76 bits per heavy atom. The predicted octanol–water partition coefficient (Wildman–Crippen LogP) is 4.30. The fraction of sp³-hybridized carbons (Fsp3) is 0.0455. The Balaban J connectivity index is 1.65. The molecular weight excluding hydrogens is 454 g/mol. The maximum absolute atomic E-state index is 13.4. The number of hydrogen-bond donors (Lipinski definition) is 1. The highest BCUT2D eigenvalue weighted by molar-refractivity contribution is 7.99. The number of amides is 1. The summed E-state index contributed by atoms with van der Waals surface area (Å²) in [5, 5.41) is 14.0. The van der Waals surface area contributed by atoms with Crippen molar-refractivity contribution in [3.63, 3.8) is 0 Å². The zero-order valence-corrected chi connectivity index (χ0v) is 17.5. The Morgan fingerprint density at radius 3 is 2.48 bits per heavy atom. The number of halogens is 2. The summed E-state index contributed by atoms with van der Waals surface area (Å²) in [6.07, 6.45) is 0. The van der Waals surface area contributed by atoms with E-state index in [-0.39, 0.29) is 16.6 Å². The molecule has 4 aromatic rings. The number of fused-ring (bicyclic) bond motifs is 1. The lowest BCUT2D eigenvalue weighted by molar-refractivity contribution is -0.384. The first-order valence-electron chi connectivity index (χ1n) is 9.48. The van der Waals surface area contributed by atoms with E-state index in [1.165, 1.54) is 28.8 Å². The van der Waals surface area contributed by atoms with Crippen LogP contribution >= 0.6 is 11.8 Å². The van der Waals surface area contributed by atoms with Crippen molar-refractivity contribution in [2.24, 2.45) is 0 Å². The molecule has 0 aliphatic carbocycles. The number of nitro benzene ring substituents is 1. The minimum atomic E-state index is -0.808. The molecule has 0 saturated carbocycles. The quantitative estimate of drug-likeness (QED) is 0.196. The van der Waals surface area contributed by atoms with Crippen LogP contribution in [0.2, 0.25) is 0 Å². The first-order valence-corrected chi connectivity index (χ1v) is 10.5. The van der Waals surface area contributed by atoms with Crippen LogP contribution in [-0.4, -0.2) is 26.1 Å². The molecule has 1 heterocycles. The van der Waals surface area contributed by atoms with Gasteiger partial charge in [0.2, 0.25) is 5.91 Å². The van der Waals surface area contributed by atoms with Crippen LogP contribution in [0.1, 0.15) is 0 Å². The summed E-state index contributed by atoms with van der Waals surface area (Å²) in [5.74, 6) is -2.16. The number of rotatable bonds is 6. The molecule has 0 saturated heterocycles. The highest BCUT2D eigenvalue weighted by atomic mass is 32.2. The van der Waals surface area contributed by atoms with Gasteiger partial charge < -0.3 is 5.32 Å². The average Bonchev–Trinajstić information content (AvgIpc) is 2.80. The summed E-state index contributed by atoms with van der Waals surface area (Å²) in [5.41, 5.74) is -0.367. The van der Waals surface area contributed by atoms with Crippen LogP contribution < -0.4 is 10.9 Å². The number of thioether (sulfide) groups is 1. The summed E-state index contributed by atoms with van der Waals surface area (Å²) in [4.78, 5) is 40.4. The second kappa shape index (κ2) is 9.17. The summed E-state index contributed by atoms with van der Waals surface area (Å²) < 4.78 is 28.0. The van der Waals surface area contributed by atoms with Crippen LogP contribution in [0.4, 0.5) is 20.2 Å². The molecule has 8 nitrogen and oxygen atoms in total. The van der Waals surface area contributed by atoms with Crippen molar-refractivity contribution in [1.82, 2.24) is 9.55 Å². The van der Waals surface area contributed by atoms with Gasteiger partial charge in [-0.25, -0.2) is 13.8 Å². The third kappa shape index (κ3) is 4.72. The standard InChI is InChI=1S/C22H14F2N4O4S/c23-13-5-8-15(9-6-13)27-21(30)16-3-1-2-4-17(16)26-22(27)33-12-20(29)25-18-10-7-14(24)11-19(18)28(31)32/h1-11H,12H2,(H,25,29). The molecule has 0 bridgehead atoms. The van der Waals surface area contributed by atoms with Gasteiger partial charge in [-0.2, -0.15) is 0 Å². The zero-order chi connectivity index (χ0) is 23.5. The van der Waals surface area contributed by atoms with E-state index >= 15 is 0 Å². The highest BCUT2D eigenvalue weighted by Gasteiger charge is 2.19. The number of carbonyl (C=O) groups excluding carboxylic acids is 1. The van der Waals surface area contributed by atoms with Crippen molar-refractivity contribution in [2.45, 2.75) is 5.16 Å². The summed E-state index contributed by atoms with van der Waals surface area (Å²) in [7, 11) is 0. The summed E-state index contributed by atoms with van der Waals surface area (Å²) in [6.45, 7) is 0. The van der Waals surface area contributed by atoms with Crippen molar-refractivity contribution < 1.29 is 18.5 Å². The smallest absolute Gasteiger partial charge is 0.295 e. The molecule has 33 heavy (non-hydrogen) atoms. The summed E-state index contributed by atoms with van der Waals surface area (Å²) in [6, 6.07) is 14.7. The van der Waals surface area contributed by atoms with Crippen LogP contribution in [-0.2, 0) is 4.79 Å². The van der Waals surface area contributed by atoms with Gasteiger partial charge in [-0.1, -0.05) is 23.9 Å². The van der Waals surface area contributed by atoms with Gasteiger partial charge in [-0.3, -0.25) is 24.3 Å². The van der Waals surface area contributed by atoms with E-state index in [1.54, 1.807) is 24.3 Å². The molecule has 0 unspecified atom stereocenters. The van der Waals surface area contributed by atoms with E-state index in [0.29, 0.717) is 22.7 Å². The van der Waals surface area contributed by atoms with Crippen LogP contribution in [0.5, 0.6) is 0 Å². The monoisotopic (exact) mass is 468 g/mol. The van der Waals surface area contributed by atoms with E-state index < -0.39 is 33.7 Å². The van der Waals surface area contributed by atoms with Gasteiger partial charge >= 0.3 is 0 Å². The Morgan fingerprint density at radius 1 is 1.06 bits per heavy atom. The second-order valence-electron chi connectivity index (χ2n) is 6.78. The van der Waals surface area contributed by atoms with Gasteiger partial charge in [0, 0.05) is 0 Å². The zero-order valence-electron chi connectivity index (χ0n) is 16.7. The van der Waals surface area contributed by atoms with E-state index in [0.717, 1.165) is 23.9 Å². The molecule has 0 fully saturated rings. The number of anilines is 1. The van der Waals surface area contributed by atoms with Gasteiger partial charge in [0.15, 0.2) is 5.16 Å². The number of benzene rings is 3. The minimum absolute atomic E-state index is 0.158. The molecule has 1 N–H and O–H groups in total. The average molecular weight is 468 g/mol. The molecule has 166 valence electrons. The molecule has 1 amide bonds. The van der Waals surface area contributed by atoms with E-state index in [2.05, 4.69) is 10.3 Å². The van der Waals surface area contributed by atoms with Crippen LogP contribution in [0.15, 0.2) is 76.7 Å². The van der Waals surface area contributed by atoms with E-state index in [9.17, 15) is 28.5 Å². The van der Waals surface area contributed by atoms with Crippen LogP contribution in [0.25, 0.3) is 16.6 Å². The number of hydrogen-bond acceptors (Lipinski definition) is 6. The molecule has 3 aromatic carbocycles. The van der Waals surface area contributed by atoms with Gasteiger partial charge in [-0.05, 0) is 48.5 Å². The minimum Gasteiger partial charge on any atom is -0.320 e. The Hall–Kier alpha value is -4.12. The van der Waals surface area contributed by atoms with Gasteiger partial charge in [0.05, 0.1) is 33.3 Å². The number of carbonyl (C=O) groups is 1. The molecule has 11 heteroatoms. The van der Waals surface area contributed by atoms with E-state index in [1.807, 2.05) is 0 Å². The SMILES string of the molecule is O=C(CSc1nc2ccccc2c(=O)n1-c1ccc(F)cc1)Nc1ccc(F)cc1[N+](=O)[O-]. The molecule has 0 radical (unpaired) electrons. The number of aromatic nitrogens is 2. The molecule has 0 aliphatic heterocycles. The lowest BCUT2D eigenvalue weighted by atomic mass is 10.2. The lowest BCUT2D eigenvalue weighted by Gasteiger charge is -2.13. The molecule has 1 aromatic heterocycles. The van der Waals surface area contributed by atoms with E-state index in [4.69, 9.17) is 0 Å². The topological polar surface area (TPSA) is 107 Å². The first kappa shape index (κ1) is 22.1. The Kier molecular flexibility index (Phi) is 6.13. The fourth-order valence-corrected chi connectivity index (χ4v) is 3.92. The van der Waals surface area contributed by atoms with Crippen molar-refractivity contribution in [2.75, 3.05) is 11.1 Å². The van der Waals surface area contributed by atoms with Crippen molar-refractivity contribution in [3.05, 3.63) is 98.8 Å². The Bertz CT molecular complexity index is 1440. The number of nitrogens with one attached hydrogen (secondary N) is 1. The lowest BCUT2D eigenvalue weighted by Crippen LogP contribution is -2.23. The molecule has 4 rings (SSSR count). The van der Waals surface area contributed by atoms with Gasteiger partial charge in [-0.15, -0.1) is 0 Å². The van der Waals surface area contributed by atoms with Crippen LogP contribution in [0, 0.1) is 21.7 Å². The predicted molar refractivity (Wildman–Crippen MR) is 120 cm³/mol. The molecule has 0 atom stereocenters. The Labute approximate surface area is 189 Å². The third-order valence-corrected chi connectivity index (χ3v) is 5.53. The maximum Gasteiger partial charge on any atom is 0.295 e. The normalized spacial score (nSPS) is 10.8. The van der Waals surface area contributed by atoms with Crippen LogP contribution in [0.3, 0.4) is 0 Å². The third-order valence-electron chi connectivity index (χ3n) is 4.59. The van der Waals surface area contributed by atoms with Gasteiger partial charge in [0.25, 0.3) is 11.2 Å². The molecule has 0 aliphatic rings. The number of nitro groups is 1. The van der Waals surface area contributed by atoms with Crippen molar-refractivity contribution in [3.8, 4) is 5.69 Å². The summed E-state index contributed by atoms with van der Waals surface area (Å²) >= 11 is 0.922. The maximum atomic E-state index is 13.4. The molecule has 0 spiro atoms. The van der Waals surface area contributed by atoms with Crippen molar-refractivity contribution in [1.29, 1.82) is 0 Å². The molecular formula is C22H14F2N4O4S. The van der Waals surface area contributed by atoms with Crippen molar-refractivity contribution >= 4 is 39.9 Å². The number of nitrogens with zero attached hydrogens (tertiary/aromatic N) is 3. The first-order chi connectivity index (χ1) is 15.8. The largest absolute Gasteiger partial charge is 0.320 e. The number of para-hydroxylation sites is 1. The van der Waals surface area contributed by atoms with Gasteiger partial charge in [0.1, 0.15) is 17.3 Å². The fourth-order valence-electron chi connectivity index (χ4n) is 3.10. The second-order valence-corrected chi connectivity index (χ2v) is 7.73. The highest BCUT2D eigenvalue weighted by Crippen LogP contribution is 2.26.